The summed E-state index contributed by atoms with van der Waals surface area (Å²) in [6, 6.07) is 7.89. The number of esters is 1. The Morgan fingerprint density at radius 2 is 1.68 bits per heavy atom. The van der Waals surface area contributed by atoms with Gasteiger partial charge in [0.1, 0.15) is 0 Å². The van der Waals surface area contributed by atoms with E-state index in [1.807, 2.05) is 20.8 Å². The van der Waals surface area contributed by atoms with Crippen LogP contribution < -0.4 is 29.1 Å². The number of halogens is 2. The maximum absolute atomic E-state index is 13.7. The van der Waals surface area contributed by atoms with Gasteiger partial charge in [0.05, 0.1) is 53.1 Å². The summed E-state index contributed by atoms with van der Waals surface area (Å²) in [6.07, 6.45) is 3.12. The van der Waals surface area contributed by atoms with Crippen molar-refractivity contribution in [3.8, 4) is 17.2 Å². The molecule has 0 fully saturated rings. The first-order valence-electron chi connectivity index (χ1n) is 11.9. The molecule has 0 amide bonds. The summed E-state index contributed by atoms with van der Waals surface area (Å²) in [7, 11) is 1.29. The first-order valence-corrected chi connectivity index (χ1v) is 13.5. The molecule has 0 unspecified atom stereocenters. The molecule has 11 heteroatoms. The Morgan fingerprint density at radius 3 is 2.32 bits per heavy atom. The standard InChI is InChI=1S/C27H26Cl2N2O6S/c1-5-35-20-9-8-16(13-21(20)36-6-2)23-17(26(33)34-4)14-30-27-31(23)25(32)22(38-27)12-15-10-18(28)24(37-7-3)19(29)11-15/h8-14,23H,5-7H2,1-4H3/b22-12-/t23-/m0/s1. The van der Waals surface area contributed by atoms with E-state index >= 15 is 0 Å². The number of fused-ring (bicyclic) bond motifs is 1. The lowest BCUT2D eigenvalue weighted by atomic mass is 9.97. The summed E-state index contributed by atoms with van der Waals surface area (Å²) in [4.78, 5) is 31.3. The molecule has 8 nitrogen and oxygen atoms in total. The van der Waals surface area contributed by atoms with Crippen LogP contribution in [-0.2, 0) is 9.53 Å². The zero-order chi connectivity index (χ0) is 27.4. The van der Waals surface area contributed by atoms with E-state index in [0.29, 0.717) is 67.6 Å². The number of nitrogens with zero attached hydrogens (tertiary/aromatic N) is 2. The van der Waals surface area contributed by atoms with Crippen molar-refractivity contribution in [2.45, 2.75) is 26.8 Å². The number of thiazole rings is 1. The highest BCUT2D eigenvalue weighted by Gasteiger charge is 2.31. The number of rotatable bonds is 9. The number of methoxy groups -OCH3 is 1. The summed E-state index contributed by atoms with van der Waals surface area (Å²) >= 11 is 13.9. The van der Waals surface area contributed by atoms with Gasteiger partial charge >= 0.3 is 5.97 Å². The number of hydrogen-bond donors (Lipinski definition) is 0. The summed E-state index contributed by atoms with van der Waals surface area (Å²) in [5, 5.41) is 0.671. The van der Waals surface area contributed by atoms with Crippen molar-refractivity contribution >= 4 is 46.6 Å². The van der Waals surface area contributed by atoms with Gasteiger partial charge in [0, 0.05) is 6.20 Å². The topological polar surface area (TPSA) is 88.4 Å². The molecule has 1 atom stereocenters. The maximum Gasteiger partial charge on any atom is 0.337 e. The van der Waals surface area contributed by atoms with E-state index in [0.717, 1.165) is 0 Å². The minimum atomic E-state index is -0.789. The van der Waals surface area contributed by atoms with Gasteiger partial charge in [-0.15, -0.1) is 0 Å². The molecule has 0 saturated carbocycles. The lowest BCUT2D eigenvalue weighted by Gasteiger charge is -2.23. The molecule has 2 aromatic carbocycles. The van der Waals surface area contributed by atoms with Gasteiger partial charge in [-0.2, -0.15) is 0 Å². The van der Waals surface area contributed by atoms with Gasteiger partial charge in [0.25, 0.3) is 5.56 Å². The Kier molecular flexibility index (Phi) is 8.81. The second kappa shape index (κ2) is 12.1. The third-order valence-corrected chi connectivity index (χ3v) is 7.17. The average Bonchev–Trinajstić information content (AvgIpc) is 3.21. The molecule has 38 heavy (non-hydrogen) atoms. The zero-order valence-electron chi connectivity index (χ0n) is 21.2. The number of hydrogen-bond acceptors (Lipinski definition) is 8. The number of carbonyl (C=O) groups excluding carboxylic acids is 1. The van der Waals surface area contributed by atoms with E-state index in [1.54, 1.807) is 36.4 Å². The first kappa shape index (κ1) is 27.8. The fourth-order valence-electron chi connectivity index (χ4n) is 4.08. The Balaban J connectivity index is 1.88. The van der Waals surface area contributed by atoms with E-state index in [9.17, 15) is 9.59 Å². The van der Waals surface area contributed by atoms with Gasteiger partial charge in [-0.1, -0.05) is 40.6 Å². The smallest absolute Gasteiger partial charge is 0.337 e. The fourth-order valence-corrected chi connectivity index (χ4v) is 5.67. The van der Waals surface area contributed by atoms with Gasteiger partial charge < -0.3 is 18.9 Å². The largest absolute Gasteiger partial charge is 0.491 e. The molecule has 2 heterocycles. The summed E-state index contributed by atoms with van der Waals surface area (Å²) in [5.41, 5.74) is 1.15. The quantitative estimate of drug-likeness (QED) is 0.348. The third kappa shape index (κ3) is 5.45. The van der Waals surface area contributed by atoms with Crippen LogP contribution in [0.2, 0.25) is 10.0 Å². The minimum Gasteiger partial charge on any atom is -0.491 e. The third-order valence-electron chi connectivity index (χ3n) is 5.62. The van der Waals surface area contributed by atoms with Crippen molar-refractivity contribution < 1.29 is 23.7 Å². The maximum atomic E-state index is 13.7. The molecular weight excluding hydrogens is 551 g/mol. The first-order chi connectivity index (χ1) is 18.3. The Hall–Kier alpha value is -3.27. The van der Waals surface area contributed by atoms with Gasteiger partial charge in [-0.25, -0.2) is 9.79 Å². The molecule has 1 aliphatic heterocycles. The number of benzene rings is 2. The van der Waals surface area contributed by atoms with Crippen LogP contribution >= 0.6 is 34.5 Å². The molecule has 0 aliphatic carbocycles. The van der Waals surface area contributed by atoms with Crippen molar-refractivity contribution in [1.82, 2.24) is 4.57 Å². The number of carbonyl (C=O) groups is 1. The lowest BCUT2D eigenvalue weighted by molar-refractivity contribution is -0.136. The normalized spacial score (nSPS) is 14.8. The van der Waals surface area contributed by atoms with Crippen LogP contribution in [0.15, 0.2) is 51.9 Å². The summed E-state index contributed by atoms with van der Waals surface area (Å²) in [6.45, 7) is 6.87. The average molecular weight is 577 g/mol. The van der Waals surface area contributed by atoms with Crippen molar-refractivity contribution in [2.75, 3.05) is 26.9 Å². The van der Waals surface area contributed by atoms with Crippen molar-refractivity contribution in [2.24, 2.45) is 4.99 Å². The van der Waals surface area contributed by atoms with Gasteiger partial charge in [-0.05, 0) is 62.2 Å². The Morgan fingerprint density at radius 1 is 1.03 bits per heavy atom. The van der Waals surface area contributed by atoms with Crippen molar-refractivity contribution in [3.05, 3.63) is 83.0 Å². The number of aromatic nitrogens is 1. The monoisotopic (exact) mass is 576 g/mol. The highest BCUT2D eigenvalue weighted by Crippen LogP contribution is 2.36. The van der Waals surface area contributed by atoms with Crippen LogP contribution in [0.25, 0.3) is 6.08 Å². The van der Waals surface area contributed by atoms with Crippen LogP contribution in [0.4, 0.5) is 0 Å². The van der Waals surface area contributed by atoms with E-state index in [1.165, 1.54) is 29.2 Å². The second-order valence-corrected chi connectivity index (χ2v) is 9.82. The van der Waals surface area contributed by atoms with E-state index in [2.05, 4.69) is 4.99 Å². The molecular formula is C27H26Cl2N2O6S. The highest BCUT2D eigenvalue weighted by atomic mass is 35.5. The summed E-state index contributed by atoms with van der Waals surface area (Å²) < 4.78 is 23.8. The molecule has 0 bridgehead atoms. The molecule has 1 aromatic heterocycles. The Labute approximate surface area is 233 Å². The zero-order valence-corrected chi connectivity index (χ0v) is 23.6. The molecule has 200 valence electrons. The van der Waals surface area contributed by atoms with Crippen LogP contribution in [0.1, 0.15) is 37.9 Å². The van der Waals surface area contributed by atoms with Crippen LogP contribution in [0.5, 0.6) is 17.2 Å². The van der Waals surface area contributed by atoms with E-state index < -0.39 is 12.0 Å². The molecule has 0 N–H and O–H groups in total. The van der Waals surface area contributed by atoms with E-state index in [4.69, 9.17) is 42.1 Å². The second-order valence-electron chi connectivity index (χ2n) is 7.99. The lowest BCUT2D eigenvalue weighted by Crippen LogP contribution is -2.39. The summed E-state index contributed by atoms with van der Waals surface area (Å²) in [5.74, 6) is 0.870. The fraction of sp³-hybridized carbons (Fsp3) is 0.296. The molecule has 3 aromatic rings. The van der Waals surface area contributed by atoms with Gasteiger partial charge in [0.2, 0.25) is 0 Å². The van der Waals surface area contributed by atoms with Gasteiger partial charge in [-0.3, -0.25) is 9.36 Å². The van der Waals surface area contributed by atoms with Gasteiger partial charge in [0.15, 0.2) is 22.0 Å². The minimum absolute atomic E-state index is 0.213. The van der Waals surface area contributed by atoms with Crippen molar-refractivity contribution in [3.63, 3.8) is 0 Å². The van der Waals surface area contributed by atoms with Crippen molar-refractivity contribution in [1.29, 1.82) is 0 Å². The van der Waals surface area contributed by atoms with Crippen LogP contribution in [0, 0.1) is 0 Å². The van der Waals surface area contributed by atoms with Crippen LogP contribution in [0.3, 0.4) is 0 Å². The van der Waals surface area contributed by atoms with E-state index in [-0.39, 0.29) is 11.1 Å². The highest BCUT2D eigenvalue weighted by molar-refractivity contribution is 7.07. The SMILES string of the molecule is CCOc1ccc([C@H]2C(C(=O)OC)=CN=c3s/c(=C\c4cc(Cl)c(OCC)c(Cl)c4)c(=O)n32)cc1OCC. The van der Waals surface area contributed by atoms with Crippen LogP contribution in [-0.4, -0.2) is 37.5 Å². The number of ether oxygens (including phenoxy) is 4. The molecule has 0 radical (unpaired) electrons. The predicted molar refractivity (Wildman–Crippen MR) is 148 cm³/mol. The molecule has 0 spiro atoms. The molecule has 0 saturated heterocycles. The molecule has 4 rings (SSSR count). The molecule has 1 aliphatic rings. The predicted octanol–water partition coefficient (Wildman–Crippen LogP) is 4.52. The Bertz CT molecular complexity index is 1550.